The first-order chi connectivity index (χ1) is 10.2. The summed E-state index contributed by atoms with van der Waals surface area (Å²) in [6, 6.07) is 13.4. The predicted octanol–water partition coefficient (Wildman–Crippen LogP) is 3.49. The number of hydrogen-bond donors (Lipinski definition) is 1. The smallest absolute Gasteiger partial charge is 0.308 e. The maximum Gasteiger partial charge on any atom is 0.324 e. The number of thiophene rings is 1. The van der Waals surface area contributed by atoms with Crippen molar-refractivity contribution in [2.24, 2.45) is 0 Å². The second kappa shape index (κ2) is 5.99. The second-order valence-corrected chi connectivity index (χ2v) is 5.74. The van der Waals surface area contributed by atoms with Gasteiger partial charge in [-0.15, -0.1) is 0 Å². The molecule has 2 heterocycles. The molecule has 21 heavy (non-hydrogen) atoms. The van der Waals surface area contributed by atoms with Crippen LogP contribution in [-0.2, 0) is 13.1 Å². The Hall–Kier alpha value is -2.31. The Labute approximate surface area is 125 Å². The Morgan fingerprint density at radius 2 is 2.00 bits per heavy atom. The van der Waals surface area contributed by atoms with Crippen LogP contribution in [0.25, 0.3) is 10.9 Å². The van der Waals surface area contributed by atoms with Gasteiger partial charge in [0.2, 0.25) is 0 Å². The van der Waals surface area contributed by atoms with Gasteiger partial charge in [0, 0.05) is 35.6 Å². The Morgan fingerprint density at radius 3 is 2.81 bits per heavy atom. The molecule has 6 heteroatoms. The van der Waals surface area contributed by atoms with Gasteiger partial charge in [0.1, 0.15) is 0 Å². The van der Waals surface area contributed by atoms with Gasteiger partial charge in [0.15, 0.2) is 0 Å². The first kappa shape index (κ1) is 13.7. The monoisotopic (exact) mass is 299 g/mol. The highest BCUT2D eigenvalue weighted by molar-refractivity contribution is 7.15. The van der Waals surface area contributed by atoms with Crippen molar-refractivity contribution in [3.63, 3.8) is 0 Å². The molecule has 0 bridgehead atoms. The van der Waals surface area contributed by atoms with Crippen molar-refractivity contribution in [1.29, 1.82) is 0 Å². The van der Waals surface area contributed by atoms with E-state index in [-0.39, 0.29) is 9.92 Å². The van der Waals surface area contributed by atoms with E-state index in [0.717, 1.165) is 21.3 Å². The minimum absolute atomic E-state index is 0.179. The Balaban J connectivity index is 1.68. The molecule has 0 aliphatic carbocycles. The van der Waals surface area contributed by atoms with Crippen LogP contribution >= 0.6 is 11.3 Å². The Morgan fingerprint density at radius 1 is 1.14 bits per heavy atom. The van der Waals surface area contributed by atoms with Crippen LogP contribution in [0.3, 0.4) is 0 Å². The molecule has 5 nitrogen and oxygen atoms in total. The molecule has 3 rings (SSSR count). The van der Waals surface area contributed by atoms with E-state index in [1.807, 2.05) is 30.3 Å². The standard InChI is InChI=1S/C15H13N3O2S/c19-18(20)14-7-6-13(21-14)10-16-9-12-4-1-3-11-5-2-8-17-15(11)12/h1-8,16H,9-10H2. The summed E-state index contributed by atoms with van der Waals surface area (Å²) in [6.07, 6.45) is 1.79. The second-order valence-electron chi connectivity index (χ2n) is 4.59. The van der Waals surface area contributed by atoms with Crippen molar-refractivity contribution in [2.75, 3.05) is 0 Å². The number of nitro groups is 1. The molecule has 106 valence electrons. The summed E-state index contributed by atoms with van der Waals surface area (Å²) in [6.45, 7) is 1.29. The SMILES string of the molecule is O=[N+]([O-])c1ccc(CNCc2cccc3cccnc23)s1. The zero-order valence-corrected chi connectivity index (χ0v) is 12.0. The molecule has 1 N–H and O–H groups in total. The van der Waals surface area contributed by atoms with Gasteiger partial charge >= 0.3 is 5.00 Å². The van der Waals surface area contributed by atoms with Crippen LogP contribution in [0.15, 0.2) is 48.7 Å². The van der Waals surface area contributed by atoms with Gasteiger partial charge in [0.05, 0.1) is 10.4 Å². The molecule has 0 aliphatic heterocycles. The number of para-hydroxylation sites is 1. The van der Waals surface area contributed by atoms with Crippen molar-refractivity contribution >= 4 is 27.2 Å². The average molecular weight is 299 g/mol. The van der Waals surface area contributed by atoms with Gasteiger partial charge in [-0.05, 0) is 17.7 Å². The molecule has 0 amide bonds. The van der Waals surface area contributed by atoms with Gasteiger partial charge in [-0.1, -0.05) is 35.6 Å². The zero-order chi connectivity index (χ0) is 14.7. The fraction of sp³-hybridized carbons (Fsp3) is 0.133. The molecule has 0 atom stereocenters. The Kier molecular flexibility index (Phi) is 3.89. The van der Waals surface area contributed by atoms with Crippen molar-refractivity contribution in [2.45, 2.75) is 13.1 Å². The number of aromatic nitrogens is 1. The molecule has 0 saturated heterocycles. The van der Waals surface area contributed by atoms with E-state index in [1.165, 1.54) is 11.3 Å². The van der Waals surface area contributed by atoms with Gasteiger partial charge in [0.25, 0.3) is 0 Å². The van der Waals surface area contributed by atoms with Gasteiger partial charge < -0.3 is 5.32 Å². The summed E-state index contributed by atoms with van der Waals surface area (Å²) in [4.78, 5) is 15.6. The van der Waals surface area contributed by atoms with Crippen LogP contribution in [0.2, 0.25) is 0 Å². The van der Waals surface area contributed by atoms with E-state index >= 15 is 0 Å². The molecule has 0 unspecified atom stereocenters. The highest BCUT2D eigenvalue weighted by atomic mass is 32.1. The highest BCUT2D eigenvalue weighted by Crippen LogP contribution is 2.24. The number of rotatable bonds is 5. The average Bonchev–Trinajstić information content (AvgIpc) is 2.97. The van der Waals surface area contributed by atoms with Gasteiger partial charge in [-0.25, -0.2) is 0 Å². The first-order valence-corrected chi connectivity index (χ1v) is 7.32. The van der Waals surface area contributed by atoms with E-state index in [1.54, 1.807) is 18.3 Å². The summed E-state index contributed by atoms with van der Waals surface area (Å²) < 4.78 is 0. The molecule has 0 aliphatic rings. The minimum atomic E-state index is -0.358. The molecule has 0 saturated carbocycles. The van der Waals surface area contributed by atoms with Gasteiger partial charge in [-0.2, -0.15) is 0 Å². The summed E-state index contributed by atoms with van der Waals surface area (Å²) >= 11 is 1.20. The lowest BCUT2D eigenvalue weighted by Gasteiger charge is -2.06. The molecule has 0 fully saturated rings. The van der Waals surface area contributed by atoms with Crippen LogP contribution in [0, 0.1) is 10.1 Å². The molecule has 1 aromatic carbocycles. The number of nitrogens with zero attached hydrogens (tertiary/aromatic N) is 2. The van der Waals surface area contributed by atoms with Crippen LogP contribution in [0.5, 0.6) is 0 Å². The number of nitrogens with one attached hydrogen (secondary N) is 1. The molecule has 2 aromatic heterocycles. The van der Waals surface area contributed by atoms with Crippen LogP contribution in [0.4, 0.5) is 5.00 Å². The van der Waals surface area contributed by atoms with Crippen molar-refractivity contribution in [1.82, 2.24) is 10.3 Å². The van der Waals surface area contributed by atoms with E-state index in [2.05, 4.69) is 10.3 Å². The fourth-order valence-corrected chi connectivity index (χ4v) is 2.98. The lowest BCUT2D eigenvalue weighted by molar-refractivity contribution is -0.380. The highest BCUT2D eigenvalue weighted by Gasteiger charge is 2.09. The van der Waals surface area contributed by atoms with E-state index in [0.29, 0.717) is 13.1 Å². The van der Waals surface area contributed by atoms with Gasteiger partial charge in [-0.3, -0.25) is 15.1 Å². The number of hydrogen-bond acceptors (Lipinski definition) is 5. The zero-order valence-electron chi connectivity index (χ0n) is 11.2. The maximum absolute atomic E-state index is 10.6. The summed E-state index contributed by atoms with van der Waals surface area (Å²) in [5, 5.41) is 15.2. The van der Waals surface area contributed by atoms with Crippen LogP contribution in [-0.4, -0.2) is 9.91 Å². The number of fused-ring (bicyclic) bond motifs is 1. The van der Waals surface area contributed by atoms with Crippen molar-refractivity contribution in [3.8, 4) is 0 Å². The third-order valence-electron chi connectivity index (χ3n) is 3.16. The topological polar surface area (TPSA) is 68.1 Å². The lowest BCUT2D eigenvalue weighted by Crippen LogP contribution is -2.12. The van der Waals surface area contributed by atoms with Crippen molar-refractivity contribution < 1.29 is 4.92 Å². The lowest BCUT2D eigenvalue weighted by atomic mass is 10.1. The molecule has 0 radical (unpaired) electrons. The number of benzene rings is 1. The third kappa shape index (κ3) is 3.07. The van der Waals surface area contributed by atoms with E-state index < -0.39 is 0 Å². The maximum atomic E-state index is 10.6. The summed E-state index contributed by atoms with van der Waals surface area (Å²) in [5.41, 5.74) is 2.11. The van der Waals surface area contributed by atoms with Crippen LogP contribution < -0.4 is 5.32 Å². The summed E-state index contributed by atoms with van der Waals surface area (Å²) in [7, 11) is 0. The summed E-state index contributed by atoms with van der Waals surface area (Å²) in [5.74, 6) is 0. The quantitative estimate of drug-likeness (QED) is 0.578. The molecular formula is C15H13N3O2S. The normalized spacial score (nSPS) is 10.9. The van der Waals surface area contributed by atoms with E-state index in [9.17, 15) is 10.1 Å². The Bertz CT molecular complexity index is 780. The van der Waals surface area contributed by atoms with E-state index in [4.69, 9.17) is 0 Å². The minimum Gasteiger partial charge on any atom is -0.308 e. The molecular weight excluding hydrogens is 286 g/mol. The molecule has 0 spiro atoms. The fourth-order valence-electron chi connectivity index (χ4n) is 2.19. The third-order valence-corrected chi connectivity index (χ3v) is 4.20. The van der Waals surface area contributed by atoms with Crippen molar-refractivity contribution in [3.05, 3.63) is 69.2 Å². The van der Waals surface area contributed by atoms with Crippen LogP contribution in [0.1, 0.15) is 10.4 Å². The molecule has 3 aromatic rings. The largest absolute Gasteiger partial charge is 0.324 e. The first-order valence-electron chi connectivity index (χ1n) is 6.50. The predicted molar refractivity (Wildman–Crippen MR) is 83.3 cm³/mol. The number of pyridine rings is 1.